The average molecular weight is 346 g/mol. The number of anilines is 1. The van der Waals surface area contributed by atoms with Gasteiger partial charge in [0.1, 0.15) is 11.9 Å². The van der Waals surface area contributed by atoms with E-state index in [9.17, 15) is 14.3 Å². The molecule has 0 spiro atoms. The van der Waals surface area contributed by atoms with Crippen molar-refractivity contribution in [2.24, 2.45) is 0 Å². The summed E-state index contributed by atoms with van der Waals surface area (Å²) in [6.07, 6.45) is 1.62. The Labute approximate surface area is 144 Å². The molecular formula is C17H19FN4O3. The molecule has 1 aliphatic heterocycles. The van der Waals surface area contributed by atoms with Crippen LogP contribution in [0, 0.1) is 5.82 Å². The van der Waals surface area contributed by atoms with Crippen molar-refractivity contribution in [3.8, 4) is 5.88 Å². The van der Waals surface area contributed by atoms with Crippen LogP contribution in [0.25, 0.3) is 0 Å². The smallest absolute Gasteiger partial charge is 0.325 e. The Balaban J connectivity index is 1.73. The summed E-state index contributed by atoms with van der Waals surface area (Å²) in [6.45, 7) is 2.02. The zero-order chi connectivity index (χ0) is 17.8. The lowest BCUT2D eigenvalue weighted by molar-refractivity contribution is -0.143. The summed E-state index contributed by atoms with van der Waals surface area (Å²) in [7, 11) is 1.54. The fourth-order valence-electron chi connectivity index (χ4n) is 2.96. The van der Waals surface area contributed by atoms with Crippen LogP contribution in [0.5, 0.6) is 5.88 Å². The zero-order valence-electron chi connectivity index (χ0n) is 13.8. The molecular weight excluding hydrogens is 327 g/mol. The number of methoxy groups -OCH3 is 1. The third kappa shape index (κ3) is 3.69. The predicted octanol–water partition coefficient (Wildman–Crippen LogP) is 1.57. The monoisotopic (exact) mass is 346 g/mol. The first-order valence-electron chi connectivity index (χ1n) is 7.93. The molecule has 1 aromatic carbocycles. The molecule has 0 radical (unpaired) electrons. The number of piperazine rings is 1. The maximum atomic E-state index is 14.0. The SMILES string of the molecule is COc1ccnc(N2CCN(C(C(=O)O)c3ccccc3F)CC2)n1. The van der Waals surface area contributed by atoms with E-state index in [0.29, 0.717) is 38.0 Å². The van der Waals surface area contributed by atoms with Gasteiger partial charge < -0.3 is 14.7 Å². The van der Waals surface area contributed by atoms with Gasteiger partial charge in [-0.25, -0.2) is 9.37 Å². The van der Waals surface area contributed by atoms with Gasteiger partial charge in [0.25, 0.3) is 0 Å². The largest absolute Gasteiger partial charge is 0.481 e. The Hall–Kier alpha value is -2.74. The minimum Gasteiger partial charge on any atom is -0.481 e. The second-order valence-electron chi connectivity index (χ2n) is 5.68. The fourth-order valence-corrected chi connectivity index (χ4v) is 2.96. The molecule has 2 heterocycles. The second-order valence-corrected chi connectivity index (χ2v) is 5.68. The van der Waals surface area contributed by atoms with Gasteiger partial charge in [0, 0.05) is 44.0 Å². The van der Waals surface area contributed by atoms with Crippen LogP contribution >= 0.6 is 0 Å². The highest BCUT2D eigenvalue weighted by molar-refractivity contribution is 5.75. The summed E-state index contributed by atoms with van der Waals surface area (Å²) in [6, 6.07) is 6.66. The number of halogens is 1. The van der Waals surface area contributed by atoms with Gasteiger partial charge in [0.15, 0.2) is 0 Å². The lowest BCUT2D eigenvalue weighted by atomic mass is 10.0. The molecule has 1 N–H and O–H groups in total. The molecule has 1 atom stereocenters. The molecule has 1 saturated heterocycles. The van der Waals surface area contributed by atoms with Gasteiger partial charge in [-0.1, -0.05) is 18.2 Å². The molecule has 0 saturated carbocycles. The van der Waals surface area contributed by atoms with Crippen LogP contribution in [0.4, 0.5) is 10.3 Å². The van der Waals surface area contributed by atoms with Crippen molar-refractivity contribution in [2.45, 2.75) is 6.04 Å². The quantitative estimate of drug-likeness (QED) is 0.880. The van der Waals surface area contributed by atoms with Crippen molar-refractivity contribution in [2.75, 3.05) is 38.2 Å². The first kappa shape index (κ1) is 17.1. The number of carboxylic acids is 1. The van der Waals surface area contributed by atoms with Gasteiger partial charge in [0.2, 0.25) is 11.8 Å². The van der Waals surface area contributed by atoms with Crippen molar-refractivity contribution >= 4 is 11.9 Å². The van der Waals surface area contributed by atoms with Crippen LogP contribution < -0.4 is 9.64 Å². The predicted molar refractivity (Wildman–Crippen MR) is 89.1 cm³/mol. The van der Waals surface area contributed by atoms with E-state index in [4.69, 9.17) is 4.74 Å². The summed E-state index contributed by atoms with van der Waals surface area (Å²) in [5, 5.41) is 9.59. The summed E-state index contributed by atoms with van der Waals surface area (Å²) in [5.74, 6) is -0.552. The van der Waals surface area contributed by atoms with Crippen molar-refractivity contribution < 1.29 is 19.0 Å². The lowest BCUT2D eigenvalue weighted by Crippen LogP contribution is -2.50. The van der Waals surface area contributed by atoms with Crippen LogP contribution in [0.1, 0.15) is 11.6 Å². The minimum atomic E-state index is -1.06. The van der Waals surface area contributed by atoms with E-state index in [1.807, 2.05) is 4.90 Å². The molecule has 1 aliphatic rings. The fraction of sp³-hybridized carbons (Fsp3) is 0.353. The van der Waals surface area contributed by atoms with E-state index in [1.54, 1.807) is 29.3 Å². The zero-order valence-corrected chi connectivity index (χ0v) is 13.8. The molecule has 8 heteroatoms. The number of nitrogens with zero attached hydrogens (tertiary/aromatic N) is 4. The van der Waals surface area contributed by atoms with E-state index >= 15 is 0 Å². The number of ether oxygens (including phenoxy) is 1. The number of carboxylic acid groups (broad SMARTS) is 1. The molecule has 1 aromatic heterocycles. The van der Waals surface area contributed by atoms with Gasteiger partial charge in [-0.05, 0) is 6.07 Å². The molecule has 7 nitrogen and oxygen atoms in total. The number of hydrogen-bond acceptors (Lipinski definition) is 6. The van der Waals surface area contributed by atoms with Gasteiger partial charge in [-0.15, -0.1) is 0 Å². The number of aromatic nitrogens is 2. The van der Waals surface area contributed by atoms with Crippen LogP contribution in [-0.4, -0.2) is 59.2 Å². The highest BCUT2D eigenvalue weighted by Crippen LogP contribution is 2.26. The second kappa shape index (κ2) is 7.43. The summed E-state index contributed by atoms with van der Waals surface area (Å²) in [4.78, 5) is 24.0. The maximum Gasteiger partial charge on any atom is 0.325 e. The van der Waals surface area contributed by atoms with Crippen LogP contribution in [-0.2, 0) is 4.79 Å². The van der Waals surface area contributed by atoms with Gasteiger partial charge in [0.05, 0.1) is 7.11 Å². The normalized spacial score (nSPS) is 16.5. The molecule has 3 rings (SSSR count). The van der Waals surface area contributed by atoms with Crippen LogP contribution in [0.15, 0.2) is 36.5 Å². The number of rotatable bonds is 5. The van der Waals surface area contributed by atoms with E-state index in [2.05, 4.69) is 9.97 Å². The van der Waals surface area contributed by atoms with Crippen molar-refractivity contribution in [1.29, 1.82) is 0 Å². The average Bonchev–Trinajstić information content (AvgIpc) is 2.64. The van der Waals surface area contributed by atoms with Crippen molar-refractivity contribution in [1.82, 2.24) is 14.9 Å². The lowest BCUT2D eigenvalue weighted by Gasteiger charge is -2.37. The standard InChI is InChI=1S/C17H19FN4O3/c1-25-14-6-7-19-17(20-14)22-10-8-21(9-11-22)15(16(23)24)12-4-2-3-5-13(12)18/h2-7,15H,8-11H2,1H3,(H,23,24). The Morgan fingerprint density at radius 2 is 1.96 bits per heavy atom. The third-order valence-electron chi connectivity index (χ3n) is 4.22. The first-order valence-corrected chi connectivity index (χ1v) is 7.93. The molecule has 1 unspecified atom stereocenters. The summed E-state index contributed by atoms with van der Waals surface area (Å²) in [5.41, 5.74) is 0.182. The topological polar surface area (TPSA) is 78.8 Å². The third-order valence-corrected chi connectivity index (χ3v) is 4.22. The molecule has 2 aromatic rings. The molecule has 0 bridgehead atoms. The van der Waals surface area contributed by atoms with Crippen molar-refractivity contribution in [3.63, 3.8) is 0 Å². The number of carbonyl (C=O) groups is 1. The van der Waals surface area contributed by atoms with Gasteiger partial charge >= 0.3 is 5.97 Å². The number of benzene rings is 1. The summed E-state index contributed by atoms with van der Waals surface area (Å²) >= 11 is 0. The highest BCUT2D eigenvalue weighted by Gasteiger charge is 2.32. The van der Waals surface area contributed by atoms with Gasteiger partial charge in [-0.3, -0.25) is 9.69 Å². The van der Waals surface area contributed by atoms with Crippen LogP contribution in [0.2, 0.25) is 0 Å². The summed E-state index contributed by atoms with van der Waals surface area (Å²) < 4.78 is 19.1. The molecule has 1 fully saturated rings. The van der Waals surface area contributed by atoms with Gasteiger partial charge in [-0.2, -0.15) is 4.98 Å². The number of aliphatic carboxylic acids is 1. The molecule has 0 amide bonds. The van der Waals surface area contributed by atoms with Crippen molar-refractivity contribution in [3.05, 3.63) is 47.9 Å². The van der Waals surface area contributed by atoms with E-state index in [1.165, 1.54) is 19.2 Å². The van der Waals surface area contributed by atoms with E-state index in [0.717, 1.165) is 0 Å². The maximum absolute atomic E-state index is 14.0. The Bertz CT molecular complexity index is 750. The Kier molecular flexibility index (Phi) is 5.08. The molecule has 132 valence electrons. The molecule has 25 heavy (non-hydrogen) atoms. The van der Waals surface area contributed by atoms with Crippen LogP contribution in [0.3, 0.4) is 0 Å². The number of hydrogen-bond donors (Lipinski definition) is 1. The Morgan fingerprint density at radius 3 is 2.60 bits per heavy atom. The Morgan fingerprint density at radius 1 is 1.24 bits per heavy atom. The first-order chi connectivity index (χ1) is 12.1. The highest BCUT2D eigenvalue weighted by atomic mass is 19.1. The minimum absolute atomic E-state index is 0.182. The van der Waals surface area contributed by atoms with E-state index < -0.39 is 17.8 Å². The molecule has 0 aliphatic carbocycles. The van der Waals surface area contributed by atoms with E-state index in [-0.39, 0.29) is 5.56 Å².